The number of aryl methyl sites for hydroxylation is 1. The number of fused-ring (bicyclic) bond motifs is 11. The third-order valence-corrected chi connectivity index (χ3v) is 15.0. The monoisotopic (exact) mass is 547 g/mol. The number of nitrogens with zero attached hydrogens (tertiary/aromatic N) is 3. The third kappa shape index (κ3) is 3.22. The molecule has 6 aliphatic carbocycles. The van der Waals surface area contributed by atoms with E-state index in [1.165, 1.54) is 17.4 Å². The van der Waals surface area contributed by atoms with Crippen LogP contribution in [-0.2, 0) is 16.6 Å². The maximum absolute atomic E-state index is 12.1. The van der Waals surface area contributed by atoms with Crippen molar-refractivity contribution in [2.75, 3.05) is 0 Å². The Hall–Kier alpha value is -2.64. The highest BCUT2D eigenvalue weighted by atomic mass is 16.1. The summed E-state index contributed by atoms with van der Waals surface area (Å²) in [4.78, 5) is 12.1. The van der Waals surface area contributed by atoms with Gasteiger partial charge in [0.25, 0.3) is 0 Å². The molecule has 214 valence electrons. The van der Waals surface area contributed by atoms with E-state index in [1.807, 2.05) is 6.07 Å². The van der Waals surface area contributed by atoms with Crippen LogP contribution in [0.1, 0.15) is 115 Å². The number of carbonyl (C=O) groups is 1. The molecule has 0 spiro atoms. The Morgan fingerprint density at radius 2 is 1.41 bits per heavy atom. The zero-order valence-corrected chi connectivity index (χ0v) is 25.2. The highest BCUT2D eigenvalue weighted by Crippen LogP contribution is 2.76. The number of rotatable bonds is 1. The van der Waals surface area contributed by atoms with E-state index in [0.29, 0.717) is 23.7 Å². The molecule has 5 fully saturated rings. The topological polar surface area (TPSA) is 88.4 Å². The summed E-state index contributed by atoms with van der Waals surface area (Å²) in [6.07, 6.45) is 14.6. The lowest BCUT2D eigenvalue weighted by Crippen LogP contribution is -2.67. The minimum atomic E-state index is -0.378. The molecule has 0 heterocycles. The number of aldehydes is 1. The summed E-state index contributed by atoms with van der Waals surface area (Å²) >= 11 is 0. The van der Waals surface area contributed by atoms with Gasteiger partial charge in [-0.2, -0.15) is 15.8 Å². The molecule has 0 N–H and O–H groups in total. The van der Waals surface area contributed by atoms with Gasteiger partial charge in [-0.1, -0.05) is 33.3 Å². The van der Waals surface area contributed by atoms with E-state index in [1.54, 1.807) is 0 Å². The van der Waals surface area contributed by atoms with Crippen LogP contribution in [0.5, 0.6) is 0 Å². The standard InChI is InChI=1S/C37H45N3O/c1-33-14-4-5-26(21-41)27(33)10-17-36(22-39)30(33)12-16-35(3)31-11-15-34(2)28-19-24(20-38)6-7-25(28)8-9-29(34)37(31,23-40)18-13-32(35)36/h6-7,19,21,26-27,29-32H,4-5,8-18H2,1-3H3/t26-,27-,29+,30+,31+,32+,33-,34+,35+,36-,37+/m1/s1. The molecule has 5 saturated carbocycles. The molecule has 0 amide bonds. The van der Waals surface area contributed by atoms with Gasteiger partial charge >= 0.3 is 0 Å². The highest BCUT2D eigenvalue weighted by molar-refractivity contribution is 5.55. The molecule has 11 atom stereocenters. The second-order valence-electron chi connectivity index (χ2n) is 15.9. The predicted octanol–water partition coefficient (Wildman–Crippen LogP) is 8.05. The van der Waals surface area contributed by atoms with Crippen LogP contribution >= 0.6 is 0 Å². The van der Waals surface area contributed by atoms with E-state index >= 15 is 0 Å². The lowest BCUT2D eigenvalue weighted by Gasteiger charge is -2.71. The Bertz CT molecular complexity index is 1410. The van der Waals surface area contributed by atoms with Crippen LogP contribution in [0, 0.1) is 91.2 Å². The van der Waals surface area contributed by atoms with Crippen molar-refractivity contribution in [1.82, 2.24) is 0 Å². The van der Waals surface area contributed by atoms with Crippen LogP contribution in [0.3, 0.4) is 0 Å². The van der Waals surface area contributed by atoms with Gasteiger partial charge < -0.3 is 4.79 Å². The SMILES string of the molecule is C[C@@]12CCC[C@H](C=O)[C@H]1CC[C@@]1(C#N)[C@H]2CC[C@]2(C)[C@@H]1CC[C@]1(C#N)[C@H]3CCc4ccc(C#N)cc4[C@]3(C)CC[C@@H]21. The van der Waals surface area contributed by atoms with Gasteiger partial charge in [0, 0.05) is 5.92 Å². The number of hydrogen-bond donors (Lipinski definition) is 0. The van der Waals surface area contributed by atoms with E-state index < -0.39 is 0 Å². The minimum absolute atomic E-state index is 0.0156. The zero-order chi connectivity index (χ0) is 28.8. The molecule has 6 aliphatic rings. The molecule has 0 bridgehead atoms. The van der Waals surface area contributed by atoms with Gasteiger partial charge in [-0.3, -0.25) is 0 Å². The van der Waals surface area contributed by atoms with E-state index in [0.717, 1.165) is 89.0 Å². The number of nitriles is 3. The molecule has 7 rings (SSSR count). The molecule has 0 aromatic heterocycles. The minimum Gasteiger partial charge on any atom is -0.303 e. The van der Waals surface area contributed by atoms with Gasteiger partial charge in [-0.25, -0.2) is 0 Å². The first-order valence-electron chi connectivity index (χ1n) is 16.5. The molecule has 0 aliphatic heterocycles. The number of carbonyl (C=O) groups excluding carboxylic acids is 1. The van der Waals surface area contributed by atoms with Gasteiger partial charge in [0.1, 0.15) is 6.29 Å². The van der Waals surface area contributed by atoms with E-state index in [2.05, 4.69) is 51.1 Å². The van der Waals surface area contributed by atoms with Gasteiger partial charge in [0.2, 0.25) is 0 Å². The molecule has 4 nitrogen and oxygen atoms in total. The zero-order valence-electron chi connectivity index (χ0n) is 25.2. The molecular weight excluding hydrogens is 502 g/mol. The maximum atomic E-state index is 12.1. The molecule has 1 aromatic rings. The van der Waals surface area contributed by atoms with Crippen molar-refractivity contribution in [3.8, 4) is 18.2 Å². The van der Waals surface area contributed by atoms with E-state index in [4.69, 9.17) is 0 Å². The molecule has 1 aromatic carbocycles. The van der Waals surface area contributed by atoms with Crippen LogP contribution in [0.25, 0.3) is 0 Å². The van der Waals surface area contributed by atoms with Crippen LogP contribution in [-0.4, -0.2) is 6.29 Å². The molecule has 41 heavy (non-hydrogen) atoms. The van der Waals surface area contributed by atoms with Crippen LogP contribution in [0.2, 0.25) is 0 Å². The van der Waals surface area contributed by atoms with Crippen molar-refractivity contribution in [1.29, 1.82) is 15.8 Å². The summed E-state index contributed by atoms with van der Waals surface area (Å²) in [6.45, 7) is 7.32. The van der Waals surface area contributed by atoms with Gasteiger partial charge in [0.15, 0.2) is 0 Å². The Morgan fingerprint density at radius 1 is 0.756 bits per heavy atom. The van der Waals surface area contributed by atoms with E-state index in [-0.39, 0.29) is 38.9 Å². The second-order valence-corrected chi connectivity index (χ2v) is 15.9. The summed E-state index contributed by atoms with van der Waals surface area (Å²) in [5.41, 5.74) is 2.66. The molecule has 0 radical (unpaired) electrons. The fourth-order valence-corrected chi connectivity index (χ4v) is 13.5. The summed E-state index contributed by atoms with van der Waals surface area (Å²) in [7, 11) is 0. The molecule has 4 heteroatoms. The van der Waals surface area contributed by atoms with Gasteiger partial charge in [0.05, 0.1) is 34.6 Å². The van der Waals surface area contributed by atoms with Crippen molar-refractivity contribution < 1.29 is 4.79 Å². The van der Waals surface area contributed by atoms with Crippen molar-refractivity contribution in [3.05, 3.63) is 34.9 Å². The van der Waals surface area contributed by atoms with Crippen molar-refractivity contribution >= 4 is 6.29 Å². The smallest absolute Gasteiger partial charge is 0.123 e. The van der Waals surface area contributed by atoms with Crippen molar-refractivity contribution in [2.45, 2.75) is 110 Å². The molecule has 0 saturated heterocycles. The normalized spacial score (nSPS) is 49.6. The number of hydrogen-bond acceptors (Lipinski definition) is 4. The lowest BCUT2D eigenvalue weighted by molar-refractivity contribution is -0.216. The second kappa shape index (κ2) is 8.93. The molecule has 0 unspecified atom stereocenters. The van der Waals surface area contributed by atoms with E-state index in [9.17, 15) is 20.6 Å². The van der Waals surface area contributed by atoms with Crippen LogP contribution < -0.4 is 0 Å². The van der Waals surface area contributed by atoms with Crippen LogP contribution in [0.15, 0.2) is 18.2 Å². The van der Waals surface area contributed by atoms with Gasteiger partial charge in [-0.15, -0.1) is 0 Å². The van der Waals surface area contributed by atoms with Crippen LogP contribution in [0.4, 0.5) is 0 Å². The quantitative estimate of drug-likeness (QED) is 0.333. The Balaban J connectivity index is 1.28. The van der Waals surface area contributed by atoms with Crippen molar-refractivity contribution in [3.63, 3.8) is 0 Å². The van der Waals surface area contributed by atoms with Crippen molar-refractivity contribution in [2.24, 2.45) is 57.2 Å². The predicted molar refractivity (Wildman–Crippen MR) is 157 cm³/mol. The Labute approximate surface area is 246 Å². The summed E-state index contributed by atoms with van der Waals surface area (Å²) < 4.78 is 0. The average Bonchev–Trinajstić information content (AvgIpc) is 2.99. The summed E-state index contributed by atoms with van der Waals surface area (Å²) in [5, 5.41) is 32.0. The molecular formula is C37H45N3O. The first-order valence-corrected chi connectivity index (χ1v) is 16.5. The van der Waals surface area contributed by atoms with Gasteiger partial charge in [-0.05, 0) is 146 Å². The first kappa shape index (κ1) is 27.2. The lowest BCUT2D eigenvalue weighted by atomic mass is 9.31. The number of benzene rings is 1. The largest absolute Gasteiger partial charge is 0.303 e. The highest BCUT2D eigenvalue weighted by Gasteiger charge is 2.72. The maximum Gasteiger partial charge on any atom is 0.123 e. The summed E-state index contributed by atoms with van der Waals surface area (Å²) in [6, 6.07) is 14.7. The average molecular weight is 548 g/mol. The Morgan fingerprint density at radius 3 is 2.12 bits per heavy atom. The fourth-order valence-electron chi connectivity index (χ4n) is 13.5. The summed E-state index contributed by atoms with van der Waals surface area (Å²) in [5.74, 6) is 1.85. The fraction of sp³-hybridized carbons (Fsp3) is 0.730. The Kier molecular flexibility index (Phi) is 5.93. The first-order chi connectivity index (χ1) is 19.7. The third-order valence-electron chi connectivity index (χ3n) is 15.0.